The molecule has 0 atom stereocenters. The molecule has 1 aliphatic carbocycles. The van der Waals surface area contributed by atoms with Gasteiger partial charge < -0.3 is 0 Å². The lowest BCUT2D eigenvalue weighted by atomic mass is 9.96. The van der Waals surface area contributed by atoms with Gasteiger partial charge in [-0.15, -0.1) is 0 Å². The van der Waals surface area contributed by atoms with Gasteiger partial charge in [0, 0.05) is 12.0 Å². The molecule has 0 fully saturated rings. The Balaban J connectivity index is 2.62. The van der Waals surface area contributed by atoms with Crippen LogP contribution in [0.3, 0.4) is 0 Å². The zero-order valence-electron chi connectivity index (χ0n) is 6.38. The zero-order valence-corrected chi connectivity index (χ0v) is 6.38. The minimum absolute atomic E-state index is 0.0625. The number of carbonyl (C=O) groups is 1. The molecule has 0 saturated carbocycles. The molecular weight excluding hydrogens is 155 g/mol. The van der Waals surface area contributed by atoms with Crippen LogP contribution in [0, 0.1) is 5.82 Å². The highest BCUT2D eigenvalue weighted by Crippen LogP contribution is 2.19. The Morgan fingerprint density at radius 1 is 1.33 bits per heavy atom. The maximum Gasteiger partial charge on any atom is 0.167 e. The summed E-state index contributed by atoms with van der Waals surface area (Å²) in [5.74, 6) is -0.236. The number of rotatable bonds is 0. The van der Waals surface area contributed by atoms with E-state index in [9.17, 15) is 9.18 Å². The van der Waals surface area contributed by atoms with Crippen molar-refractivity contribution in [3.05, 3.63) is 41.2 Å². The summed E-state index contributed by atoms with van der Waals surface area (Å²) >= 11 is 0. The lowest BCUT2D eigenvalue weighted by Gasteiger charge is -2.07. The fraction of sp³-hybridized carbons (Fsp3) is 0.100. The Hall–Kier alpha value is -1.44. The summed E-state index contributed by atoms with van der Waals surface area (Å²) < 4.78 is 12.7. The van der Waals surface area contributed by atoms with Gasteiger partial charge in [-0.3, -0.25) is 4.79 Å². The van der Waals surface area contributed by atoms with Gasteiger partial charge in [0.1, 0.15) is 5.82 Å². The van der Waals surface area contributed by atoms with Gasteiger partial charge in [-0.05, 0) is 23.8 Å². The van der Waals surface area contributed by atoms with Crippen LogP contribution in [-0.2, 0) is 0 Å². The van der Waals surface area contributed by atoms with Crippen LogP contribution in [0.25, 0.3) is 6.08 Å². The quantitative estimate of drug-likeness (QED) is 0.572. The molecule has 1 aliphatic rings. The molecule has 0 spiro atoms. The Labute approximate surface area is 69.5 Å². The summed E-state index contributed by atoms with van der Waals surface area (Å²) in [7, 11) is 0. The van der Waals surface area contributed by atoms with Crippen LogP contribution < -0.4 is 0 Å². The molecule has 1 aromatic carbocycles. The molecule has 1 aromatic rings. The number of carbonyl (C=O) groups excluding carboxylic acids is 1. The Kier molecular flexibility index (Phi) is 1.54. The van der Waals surface area contributed by atoms with Crippen molar-refractivity contribution in [3.8, 4) is 0 Å². The topological polar surface area (TPSA) is 17.1 Å². The van der Waals surface area contributed by atoms with Crippen molar-refractivity contribution in [3.63, 3.8) is 0 Å². The van der Waals surface area contributed by atoms with Crippen LogP contribution in [-0.4, -0.2) is 5.78 Å². The van der Waals surface area contributed by atoms with E-state index in [-0.39, 0.29) is 11.6 Å². The minimum atomic E-state index is -0.298. The molecule has 12 heavy (non-hydrogen) atoms. The van der Waals surface area contributed by atoms with Gasteiger partial charge in [0.2, 0.25) is 0 Å². The van der Waals surface area contributed by atoms with Gasteiger partial charge in [-0.25, -0.2) is 4.39 Å². The van der Waals surface area contributed by atoms with Crippen molar-refractivity contribution in [2.24, 2.45) is 0 Å². The van der Waals surface area contributed by atoms with Gasteiger partial charge in [-0.2, -0.15) is 0 Å². The number of fused-ring (bicyclic) bond motifs is 1. The summed E-state index contributed by atoms with van der Waals surface area (Å²) in [5.41, 5.74) is 1.31. The van der Waals surface area contributed by atoms with Gasteiger partial charge >= 0.3 is 0 Å². The van der Waals surface area contributed by atoms with E-state index in [1.54, 1.807) is 12.2 Å². The smallest absolute Gasteiger partial charge is 0.167 e. The van der Waals surface area contributed by atoms with E-state index < -0.39 is 0 Å². The standard InChI is InChI=1S/C10H7FO/c11-8-4-5-9-7(6-8)2-1-3-10(9)12/h1-2,4-6H,3H2. The maximum atomic E-state index is 12.7. The van der Waals surface area contributed by atoms with E-state index in [0.717, 1.165) is 0 Å². The van der Waals surface area contributed by atoms with Crippen LogP contribution in [0.4, 0.5) is 4.39 Å². The van der Waals surface area contributed by atoms with Crippen molar-refractivity contribution in [2.45, 2.75) is 6.42 Å². The number of halogens is 1. The maximum absolute atomic E-state index is 12.7. The van der Waals surface area contributed by atoms with Crippen molar-refractivity contribution >= 4 is 11.9 Å². The third-order valence-corrected chi connectivity index (χ3v) is 1.91. The number of hydrogen-bond acceptors (Lipinski definition) is 1. The molecule has 0 amide bonds. The highest BCUT2D eigenvalue weighted by atomic mass is 19.1. The molecule has 0 radical (unpaired) electrons. The molecular formula is C10H7FO. The van der Waals surface area contributed by atoms with Crippen LogP contribution in [0.2, 0.25) is 0 Å². The SMILES string of the molecule is O=C1CC=Cc2cc(F)ccc21. The predicted molar refractivity (Wildman–Crippen MR) is 44.4 cm³/mol. The molecule has 2 rings (SSSR count). The van der Waals surface area contributed by atoms with Crippen LogP contribution in [0.1, 0.15) is 22.3 Å². The largest absolute Gasteiger partial charge is 0.294 e. The lowest BCUT2D eigenvalue weighted by Crippen LogP contribution is -2.03. The molecule has 0 aromatic heterocycles. The first-order chi connectivity index (χ1) is 5.77. The lowest BCUT2D eigenvalue weighted by molar-refractivity contribution is 0.0994. The number of benzene rings is 1. The average molecular weight is 162 g/mol. The molecule has 60 valence electrons. The van der Waals surface area contributed by atoms with Crippen LogP contribution in [0.15, 0.2) is 24.3 Å². The second-order valence-electron chi connectivity index (χ2n) is 2.76. The second-order valence-corrected chi connectivity index (χ2v) is 2.76. The Bertz CT molecular complexity index is 366. The second kappa shape index (κ2) is 2.55. The number of Topliss-reactive ketones (excluding diaryl/α,β-unsaturated/α-hetero) is 1. The highest BCUT2D eigenvalue weighted by molar-refractivity contribution is 6.02. The summed E-state index contributed by atoms with van der Waals surface area (Å²) in [6, 6.07) is 4.23. The fourth-order valence-electron chi connectivity index (χ4n) is 1.33. The van der Waals surface area contributed by atoms with E-state index in [4.69, 9.17) is 0 Å². The van der Waals surface area contributed by atoms with Crippen molar-refractivity contribution < 1.29 is 9.18 Å². The number of ketones is 1. The summed E-state index contributed by atoms with van der Waals surface area (Å²) in [6.45, 7) is 0. The predicted octanol–water partition coefficient (Wildman–Crippen LogP) is 2.43. The minimum Gasteiger partial charge on any atom is -0.294 e. The summed E-state index contributed by atoms with van der Waals surface area (Å²) in [6.07, 6.45) is 3.96. The molecule has 0 bridgehead atoms. The highest BCUT2D eigenvalue weighted by Gasteiger charge is 2.12. The van der Waals surface area contributed by atoms with Gasteiger partial charge in [-0.1, -0.05) is 12.2 Å². The van der Waals surface area contributed by atoms with E-state index in [0.29, 0.717) is 17.5 Å². The summed E-state index contributed by atoms with van der Waals surface area (Å²) in [5, 5.41) is 0. The molecule has 0 N–H and O–H groups in total. The average Bonchev–Trinajstić information content (AvgIpc) is 2.04. The zero-order chi connectivity index (χ0) is 8.55. The van der Waals surface area contributed by atoms with Crippen LogP contribution >= 0.6 is 0 Å². The van der Waals surface area contributed by atoms with Gasteiger partial charge in [0.25, 0.3) is 0 Å². The molecule has 0 heterocycles. The van der Waals surface area contributed by atoms with Crippen molar-refractivity contribution in [2.75, 3.05) is 0 Å². The number of hydrogen-bond donors (Lipinski definition) is 0. The van der Waals surface area contributed by atoms with Crippen LogP contribution in [0.5, 0.6) is 0 Å². The van der Waals surface area contributed by atoms with E-state index in [2.05, 4.69) is 0 Å². The molecule has 0 aliphatic heterocycles. The van der Waals surface area contributed by atoms with E-state index in [1.807, 2.05) is 0 Å². The molecule has 1 nitrogen and oxygen atoms in total. The molecule has 0 unspecified atom stereocenters. The molecule has 0 saturated heterocycles. The third kappa shape index (κ3) is 1.05. The molecule has 2 heteroatoms. The van der Waals surface area contributed by atoms with Crippen molar-refractivity contribution in [1.82, 2.24) is 0 Å². The Morgan fingerprint density at radius 3 is 3.00 bits per heavy atom. The summed E-state index contributed by atoms with van der Waals surface area (Å²) in [4.78, 5) is 11.2. The van der Waals surface area contributed by atoms with E-state index in [1.165, 1.54) is 18.2 Å². The van der Waals surface area contributed by atoms with Crippen molar-refractivity contribution in [1.29, 1.82) is 0 Å². The Morgan fingerprint density at radius 2 is 2.17 bits per heavy atom. The van der Waals surface area contributed by atoms with Gasteiger partial charge in [0.15, 0.2) is 5.78 Å². The first-order valence-electron chi connectivity index (χ1n) is 3.76. The first kappa shape index (κ1) is 7.22. The third-order valence-electron chi connectivity index (χ3n) is 1.91. The monoisotopic (exact) mass is 162 g/mol. The number of allylic oxidation sites excluding steroid dienone is 1. The van der Waals surface area contributed by atoms with E-state index >= 15 is 0 Å². The normalized spacial score (nSPS) is 14.6. The fourth-order valence-corrected chi connectivity index (χ4v) is 1.33. The first-order valence-corrected chi connectivity index (χ1v) is 3.76. The van der Waals surface area contributed by atoms with Gasteiger partial charge in [0.05, 0.1) is 0 Å².